The van der Waals surface area contributed by atoms with Gasteiger partial charge in [0.1, 0.15) is 0 Å². The van der Waals surface area contributed by atoms with Gasteiger partial charge in [-0.25, -0.2) is 0 Å². The van der Waals surface area contributed by atoms with Gasteiger partial charge in [-0.3, -0.25) is 0 Å². The largest absolute Gasteiger partial charge is 0.316 e. The van der Waals surface area contributed by atoms with Gasteiger partial charge in [-0.1, -0.05) is 13.8 Å². The van der Waals surface area contributed by atoms with Crippen LogP contribution in [0.2, 0.25) is 0 Å². The Hall–Kier alpha value is -0.0400. The summed E-state index contributed by atoms with van der Waals surface area (Å²) in [6, 6.07) is 0. The van der Waals surface area contributed by atoms with Crippen LogP contribution in [0.1, 0.15) is 20.3 Å². The summed E-state index contributed by atoms with van der Waals surface area (Å²) in [7, 11) is 0. The fourth-order valence-corrected chi connectivity index (χ4v) is 1.43. The lowest BCUT2D eigenvalue weighted by Crippen LogP contribution is -2.33. The monoisotopic (exact) mass is 113 g/mol. The Kier molecular flexibility index (Phi) is 1.90. The van der Waals surface area contributed by atoms with E-state index < -0.39 is 0 Å². The van der Waals surface area contributed by atoms with E-state index in [0.29, 0.717) is 0 Å². The molecule has 1 saturated heterocycles. The van der Waals surface area contributed by atoms with E-state index in [1.54, 1.807) is 0 Å². The Bertz CT molecular complexity index is 62.8. The molecular formula is C7H15N. The number of nitrogens with one attached hydrogen (secondary N) is 1. The van der Waals surface area contributed by atoms with Gasteiger partial charge in [0, 0.05) is 0 Å². The lowest BCUT2D eigenvalue weighted by molar-refractivity contribution is 0.321. The van der Waals surface area contributed by atoms with Crippen LogP contribution in [0.3, 0.4) is 0 Å². The molecule has 0 radical (unpaired) electrons. The summed E-state index contributed by atoms with van der Waals surface area (Å²) in [5, 5.41) is 3.38. The van der Waals surface area contributed by atoms with Crippen molar-refractivity contribution >= 4 is 0 Å². The van der Waals surface area contributed by atoms with Crippen LogP contribution in [0, 0.1) is 11.8 Å². The van der Waals surface area contributed by atoms with Crippen LogP contribution >= 0.6 is 0 Å². The fraction of sp³-hybridized carbons (Fsp3) is 1.00. The van der Waals surface area contributed by atoms with Gasteiger partial charge in [0.05, 0.1) is 0 Å². The Morgan fingerprint density at radius 1 is 1.12 bits per heavy atom. The molecule has 0 aromatic carbocycles. The zero-order valence-corrected chi connectivity index (χ0v) is 5.78. The first-order valence-electron chi connectivity index (χ1n) is 3.49. The summed E-state index contributed by atoms with van der Waals surface area (Å²) in [6.45, 7) is 7.07. The summed E-state index contributed by atoms with van der Waals surface area (Å²) in [5.41, 5.74) is 0. The molecule has 1 rings (SSSR count). The molecule has 2 atom stereocenters. The van der Waals surface area contributed by atoms with Crippen LogP contribution in [0.15, 0.2) is 0 Å². The molecule has 0 spiro atoms. The maximum absolute atomic E-state index is 3.38. The van der Waals surface area contributed by atoms with Gasteiger partial charge in [-0.05, 0) is 31.3 Å². The number of rotatable bonds is 0. The highest BCUT2D eigenvalue weighted by molar-refractivity contribution is 4.69. The van der Waals surface area contributed by atoms with Crippen molar-refractivity contribution in [2.45, 2.75) is 20.3 Å². The van der Waals surface area contributed by atoms with Gasteiger partial charge < -0.3 is 5.32 Å². The Balaban J connectivity index is 2.23. The number of hydrogen-bond donors (Lipinski definition) is 1. The summed E-state index contributed by atoms with van der Waals surface area (Å²) < 4.78 is 0. The lowest BCUT2D eigenvalue weighted by Gasteiger charge is -2.24. The Morgan fingerprint density at radius 3 is 1.88 bits per heavy atom. The third-order valence-corrected chi connectivity index (χ3v) is 1.79. The first kappa shape index (κ1) is 6.09. The average Bonchev–Trinajstić information content (AvgIpc) is 1.64. The molecule has 1 heterocycles. The SMILES string of the molecule is CC1CNC[C@H](C)C1. The van der Waals surface area contributed by atoms with Crippen LogP contribution in [0.4, 0.5) is 0 Å². The predicted molar refractivity (Wildman–Crippen MR) is 35.8 cm³/mol. The topological polar surface area (TPSA) is 12.0 Å². The number of piperidine rings is 1. The van der Waals surface area contributed by atoms with Crippen LogP contribution in [-0.2, 0) is 0 Å². The molecule has 1 aliphatic heterocycles. The first-order chi connectivity index (χ1) is 3.79. The van der Waals surface area contributed by atoms with Crippen LogP contribution in [-0.4, -0.2) is 13.1 Å². The second-order valence-corrected chi connectivity index (χ2v) is 3.10. The van der Waals surface area contributed by atoms with Crippen molar-refractivity contribution < 1.29 is 0 Å². The molecule has 0 aliphatic carbocycles. The van der Waals surface area contributed by atoms with Crippen molar-refractivity contribution in [3.05, 3.63) is 0 Å². The molecule has 1 unspecified atom stereocenters. The highest BCUT2D eigenvalue weighted by Crippen LogP contribution is 2.13. The van der Waals surface area contributed by atoms with E-state index in [1.165, 1.54) is 19.5 Å². The Morgan fingerprint density at radius 2 is 1.62 bits per heavy atom. The van der Waals surface area contributed by atoms with Crippen LogP contribution in [0.25, 0.3) is 0 Å². The van der Waals surface area contributed by atoms with Crippen molar-refractivity contribution in [1.29, 1.82) is 0 Å². The quantitative estimate of drug-likeness (QED) is 0.498. The highest BCUT2D eigenvalue weighted by Gasteiger charge is 2.12. The highest BCUT2D eigenvalue weighted by atomic mass is 14.9. The summed E-state index contributed by atoms with van der Waals surface area (Å²) in [6.07, 6.45) is 1.41. The molecule has 0 bridgehead atoms. The molecule has 1 aliphatic rings. The summed E-state index contributed by atoms with van der Waals surface area (Å²) in [5.74, 6) is 1.80. The van der Waals surface area contributed by atoms with E-state index in [1.807, 2.05) is 0 Å². The molecular weight excluding hydrogens is 98.1 g/mol. The van der Waals surface area contributed by atoms with Gasteiger partial charge in [0.15, 0.2) is 0 Å². The van der Waals surface area contributed by atoms with Gasteiger partial charge in [-0.15, -0.1) is 0 Å². The molecule has 0 amide bonds. The van der Waals surface area contributed by atoms with Crippen LogP contribution < -0.4 is 5.32 Å². The van der Waals surface area contributed by atoms with Crippen LogP contribution in [0.5, 0.6) is 0 Å². The van der Waals surface area contributed by atoms with E-state index in [2.05, 4.69) is 19.2 Å². The molecule has 1 fully saturated rings. The smallest absolute Gasteiger partial charge is 0.00229 e. The standard InChI is InChI=1S/C7H15N/c1-6-3-7(2)5-8-4-6/h6-8H,3-5H2,1-2H3/t6-,7?/m1/s1. The van der Waals surface area contributed by atoms with E-state index in [0.717, 1.165) is 11.8 Å². The molecule has 0 saturated carbocycles. The van der Waals surface area contributed by atoms with E-state index in [4.69, 9.17) is 0 Å². The first-order valence-corrected chi connectivity index (χ1v) is 3.49. The second kappa shape index (κ2) is 2.49. The third kappa shape index (κ3) is 1.48. The van der Waals surface area contributed by atoms with Crippen molar-refractivity contribution in [3.8, 4) is 0 Å². The van der Waals surface area contributed by atoms with E-state index in [9.17, 15) is 0 Å². The molecule has 1 N–H and O–H groups in total. The zero-order chi connectivity index (χ0) is 5.98. The van der Waals surface area contributed by atoms with Gasteiger partial charge >= 0.3 is 0 Å². The molecule has 0 aromatic heterocycles. The third-order valence-electron chi connectivity index (χ3n) is 1.79. The van der Waals surface area contributed by atoms with E-state index in [-0.39, 0.29) is 0 Å². The second-order valence-electron chi connectivity index (χ2n) is 3.10. The fourth-order valence-electron chi connectivity index (χ4n) is 1.43. The molecule has 0 aromatic rings. The average molecular weight is 113 g/mol. The van der Waals surface area contributed by atoms with Crippen molar-refractivity contribution in [2.24, 2.45) is 11.8 Å². The number of hydrogen-bond acceptors (Lipinski definition) is 1. The zero-order valence-electron chi connectivity index (χ0n) is 5.78. The van der Waals surface area contributed by atoms with Crippen molar-refractivity contribution in [1.82, 2.24) is 5.32 Å². The van der Waals surface area contributed by atoms with Crippen molar-refractivity contribution in [3.63, 3.8) is 0 Å². The van der Waals surface area contributed by atoms with Crippen molar-refractivity contribution in [2.75, 3.05) is 13.1 Å². The van der Waals surface area contributed by atoms with Gasteiger partial charge in [0.2, 0.25) is 0 Å². The summed E-state index contributed by atoms with van der Waals surface area (Å²) in [4.78, 5) is 0. The minimum absolute atomic E-state index is 0.902. The molecule has 48 valence electrons. The maximum atomic E-state index is 3.38. The molecule has 1 heteroatoms. The molecule has 8 heavy (non-hydrogen) atoms. The minimum atomic E-state index is 0.902. The molecule has 1 nitrogen and oxygen atoms in total. The van der Waals surface area contributed by atoms with E-state index >= 15 is 0 Å². The normalized spacial score (nSPS) is 39.8. The Labute approximate surface area is 51.5 Å². The minimum Gasteiger partial charge on any atom is -0.316 e. The van der Waals surface area contributed by atoms with Gasteiger partial charge in [0.25, 0.3) is 0 Å². The predicted octanol–water partition coefficient (Wildman–Crippen LogP) is 1.25. The van der Waals surface area contributed by atoms with Gasteiger partial charge in [-0.2, -0.15) is 0 Å². The lowest BCUT2D eigenvalue weighted by atomic mass is 9.94. The summed E-state index contributed by atoms with van der Waals surface area (Å²) >= 11 is 0. The maximum Gasteiger partial charge on any atom is -0.00229 e.